The minimum Gasteiger partial charge on any atom is -0.478 e. The van der Waals surface area contributed by atoms with E-state index in [1.54, 1.807) is 31.2 Å². The van der Waals surface area contributed by atoms with Crippen molar-refractivity contribution in [3.63, 3.8) is 0 Å². The maximum absolute atomic E-state index is 13.9. The Morgan fingerprint density at radius 3 is 2.48 bits per heavy atom. The molecule has 1 aromatic heterocycles. The van der Waals surface area contributed by atoms with Gasteiger partial charge in [-0.3, -0.25) is 24.6 Å². The minimum absolute atomic E-state index is 0.0148. The molecule has 50 heavy (non-hydrogen) atoms. The maximum atomic E-state index is 13.9. The quantitative estimate of drug-likeness (QED) is 0.127. The fourth-order valence-electron chi connectivity index (χ4n) is 6.72. The zero-order valence-electron chi connectivity index (χ0n) is 26.4. The SMILES string of the molecule is CC1C(SC2CC(C(=O)Nc3nc4ccccc4cc3C(=O)O)N(C(=O)OCc3ccc([N+](=O)[O-])cc3)C2)=C(C(=O)O)N2C(=O)C(CCO)[C@@H]12. The summed E-state index contributed by atoms with van der Waals surface area (Å²) in [7, 11) is 0. The number of ether oxygens (including phenoxy) is 1. The van der Waals surface area contributed by atoms with Crippen LogP contribution in [0.4, 0.5) is 16.3 Å². The highest BCUT2D eigenvalue weighted by molar-refractivity contribution is 8.03. The summed E-state index contributed by atoms with van der Waals surface area (Å²) in [5.41, 5.74) is 0.289. The third-order valence-corrected chi connectivity index (χ3v) is 10.6. The van der Waals surface area contributed by atoms with Crippen molar-refractivity contribution in [2.45, 2.75) is 43.7 Å². The number of nitro benzene ring substituents is 1. The van der Waals surface area contributed by atoms with Crippen LogP contribution in [0.15, 0.2) is 65.2 Å². The number of nitro groups is 1. The Morgan fingerprint density at radius 2 is 1.82 bits per heavy atom. The van der Waals surface area contributed by atoms with Gasteiger partial charge in [-0.1, -0.05) is 25.1 Å². The van der Waals surface area contributed by atoms with Crippen LogP contribution >= 0.6 is 11.8 Å². The number of aromatic nitrogens is 1. The summed E-state index contributed by atoms with van der Waals surface area (Å²) in [5.74, 6) is -4.92. The summed E-state index contributed by atoms with van der Waals surface area (Å²) in [6.07, 6.45) is -0.692. The molecule has 3 aromatic rings. The highest BCUT2D eigenvalue weighted by Gasteiger charge is 2.58. The molecule has 0 aliphatic carbocycles. The third-order valence-electron chi connectivity index (χ3n) is 9.11. The molecule has 4 unspecified atom stereocenters. The molecule has 260 valence electrons. The first kappa shape index (κ1) is 34.3. The number of amides is 3. The van der Waals surface area contributed by atoms with Gasteiger partial charge in [-0.15, -0.1) is 11.8 Å². The number of benzene rings is 2. The second-order valence-electron chi connectivity index (χ2n) is 12.1. The first-order valence-electron chi connectivity index (χ1n) is 15.6. The summed E-state index contributed by atoms with van der Waals surface area (Å²) in [5, 5.41) is 43.0. The number of para-hydroxylation sites is 1. The zero-order valence-corrected chi connectivity index (χ0v) is 27.2. The standard InChI is InChI=1S/C33H31N5O11S/c1-16-25-21(10-11-39)30(41)37(25)26(32(44)45)27(16)50-20-13-24(36(14-20)33(46)49-15-17-6-8-19(9-7-17)38(47)48)29(40)35-28-22(31(42)43)12-18-4-2-3-5-23(18)34-28/h2-9,12,16,20-21,24-25,39H,10-11,13-15H2,1H3,(H,42,43)(H,44,45)(H,34,35,40)/t16?,20?,21?,24?,25-/m1/s1. The molecule has 0 saturated carbocycles. The highest BCUT2D eigenvalue weighted by Crippen LogP contribution is 2.52. The topological polar surface area (TPSA) is 230 Å². The van der Waals surface area contributed by atoms with Crippen molar-refractivity contribution >= 4 is 64.0 Å². The van der Waals surface area contributed by atoms with E-state index in [1.807, 2.05) is 0 Å². The molecule has 2 aromatic carbocycles. The lowest BCUT2D eigenvalue weighted by Gasteiger charge is -2.45. The second-order valence-corrected chi connectivity index (χ2v) is 13.5. The largest absolute Gasteiger partial charge is 0.478 e. The smallest absolute Gasteiger partial charge is 0.410 e. The lowest BCUT2D eigenvalue weighted by molar-refractivity contribution is -0.384. The number of hydrogen-bond acceptors (Lipinski definition) is 11. The van der Waals surface area contributed by atoms with E-state index in [-0.39, 0.29) is 61.3 Å². The van der Waals surface area contributed by atoms with Crippen LogP contribution in [0.1, 0.15) is 35.7 Å². The normalized spacial score (nSPS) is 22.7. The molecule has 4 N–H and O–H groups in total. The van der Waals surface area contributed by atoms with Crippen LogP contribution in [0.2, 0.25) is 0 Å². The predicted octanol–water partition coefficient (Wildman–Crippen LogP) is 3.45. The zero-order chi connectivity index (χ0) is 35.9. The summed E-state index contributed by atoms with van der Waals surface area (Å²) >= 11 is 1.15. The number of carbonyl (C=O) groups excluding carboxylic acids is 3. The van der Waals surface area contributed by atoms with Crippen LogP contribution < -0.4 is 5.32 Å². The number of nitrogens with one attached hydrogen (secondary N) is 1. The molecule has 0 spiro atoms. The fraction of sp³-hybridized carbons (Fsp3) is 0.333. The van der Waals surface area contributed by atoms with Crippen LogP contribution in [-0.4, -0.2) is 95.4 Å². The first-order chi connectivity index (χ1) is 23.9. The number of aliphatic carboxylic acids is 1. The number of pyridine rings is 1. The van der Waals surface area contributed by atoms with Gasteiger partial charge >= 0.3 is 18.0 Å². The van der Waals surface area contributed by atoms with Crippen molar-refractivity contribution in [3.05, 3.63) is 86.4 Å². The Kier molecular flexibility index (Phi) is 9.44. The van der Waals surface area contributed by atoms with Crippen molar-refractivity contribution in [2.75, 3.05) is 18.5 Å². The molecule has 0 radical (unpaired) electrons. The number of fused-ring (bicyclic) bond motifs is 2. The second kappa shape index (κ2) is 13.8. The Labute approximate surface area is 287 Å². The van der Waals surface area contributed by atoms with Crippen molar-refractivity contribution < 1.29 is 49.0 Å². The molecule has 3 aliphatic rings. The van der Waals surface area contributed by atoms with Crippen LogP contribution in [0, 0.1) is 22.0 Å². The number of non-ortho nitro benzene ring substituents is 1. The van der Waals surface area contributed by atoms with E-state index in [0.29, 0.717) is 21.4 Å². The van der Waals surface area contributed by atoms with E-state index >= 15 is 0 Å². The van der Waals surface area contributed by atoms with Gasteiger partial charge in [0.15, 0.2) is 0 Å². The molecule has 0 bridgehead atoms. The van der Waals surface area contributed by atoms with E-state index in [2.05, 4.69) is 10.3 Å². The molecule has 3 amide bonds. The monoisotopic (exact) mass is 705 g/mol. The van der Waals surface area contributed by atoms with Crippen LogP contribution in [0.3, 0.4) is 0 Å². The van der Waals surface area contributed by atoms with Gasteiger partial charge in [0, 0.05) is 46.7 Å². The molecule has 6 rings (SSSR count). The van der Waals surface area contributed by atoms with Gasteiger partial charge in [-0.05, 0) is 42.7 Å². The molecule has 17 heteroatoms. The molecular formula is C33H31N5O11S. The molecular weight excluding hydrogens is 674 g/mol. The number of anilines is 1. The number of aliphatic hydroxyl groups excluding tert-OH is 1. The molecule has 4 heterocycles. The van der Waals surface area contributed by atoms with Crippen molar-refractivity contribution in [1.29, 1.82) is 0 Å². The van der Waals surface area contributed by atoms with E-state index < -0.39 is 58.0 Å². The molecule has 3 aliphatic heterocycles. The van der Waals surface area contributed by atoms with Crippen LogP contribution in [0.5, 0.6) is 0 Å². The van der Waals surface area contributed by atoms with Crippen molar-refractivity contribution in [3.8, 4) is 0 Å². The first-order valence-corrected chi connectivity index (χ1v) is 16.5. The number of hydrogen-bond donors (Lipinski definition) is 4. The number of nitrogens with zero attached hydrogens (tertiary/aromatic N) is 4. The fourth-order valence-corrected chi connectivity index (χ4v) is 8.25. The third kappa shape index (κ3) is 6.32. The molecule has 2 fully saturated rings. The molecule has 2 saturated heterocycles. The number of carbonyl (C=O) groups is 5. The summed E-state index contributed by atoms with van der Waals surface area (Å²) in [4.78, 5) is 82.3. The number of carboxylic acids is 2. The molecule has 16 nitrogen and oxygen atoms in total. The van der Waals surface area contributed by atoms with Gasteiger partial charge < -0.3 is 30.3 Å². The highest BCUT2D eigenvalue weighted by atomic mass is 32.2. The van der Waals surface area contributed by atoms with Gasteiger partial charge in [0.2, 0.25) is 11.8 Å². The number of rotatable bonds is 11. The van der Waals surface area contributed by atoms with Gasteiger partial charge in [0.1, 0.15) is 29.7 Å². The van der Waals surface area contributed by atoms with Gasteiger partial charge in [0.05, 0.1) is 22.4 Å². The summed E-state index contributed by atoms with van der Waals surface area (Å²) < 4.78 is 5.50. The summed E-state index contributed by atoms with van der Waals surface area (Å²) in [6.45, 7) is 1.22. The average molecular weight is 706 g/mol. The number of aliphatic hydroxyl groups is 1. The Morgan fingerprint density at radius 1 is 1.10 bits per heavy atom. The summed E-state index contributed by atoms with van der Waals surface area (Å²) in [6, 6.07) is 11.8. The van der Waals surface area contributed by atoms with E-state index in [0.717, 1.165) is 16.7 Å². The van der Waals surface area contributed by atoms with E-state index in [1.165, 1.54) is 35.2 Å². The van der Waals surface area contributed by atoms with Crippen molar-refractivity contribution in [1.82, 2.24) is 14.8 Å². The Balaban J connectivity index is 1.26. The Bertz CT molecular complexity index is 1950. The predicted molar refractivity (Wildman–Crippen MR) is 177 cm³/mol. The van der Waals surface area contributed by atoms with E-state index in [9.17, 15) is 49.4 Å². The lowest BCUT2D eigenvalue weighted by atomic mass is 9.80. The van der Waals surface area contributed by atoms with Crippen molar-refractivity contribution in [2.24, 2.45) is 11.8 Å². The Hall–Kier alpha value is -5.55. The number of likely N-dealkylation sites (tertiary alicyclic amines) is 1. The number of thioether (sulfide) groups is 1. The minimum atomic E-state index is -1.33. The van der Waals surface area contributed by atoms with Gasteiger partial charge in [-0.2, -0.15) is 0 Å². The lowest BCUT2D eigenvalue weighted by Crippen LogP contribution is -2.60. The number of carboxylic acid groups (broad SMARTS) is 2. The van der Waals surface area contributed by atoms with Crippen LogP contribution in [0.25, 0.3) is 10.9 Å². The number of aromatic carboxylic acids is 1. The number of β-lactam (4-membered cyclic amide) rings is 1. The van der Waals surface area contributed by atoms with Gasteiger partial charge in [-0.25, -0.2) is 19.4 Å². The van der Waals surface area contributed by atoms with Gasteiger partial charge in [0.25, 0.3) is 5.69 Å². The average Bonchev–Trinajstić information content (AvgIpc) is 3.63. The maximum Gasteiger partial charge on any atom is 0.410 e. The van der Waals surface area contributed by atoms with Crippen LogP contribution in [-0.2, 0) is 25.7 Å². The molecule has 5 atom stereocenters. The van der Waals surface area contributed by atoms with E-state index in [4.69, 9.17) is 4.74 Å².